The summed E-state index contributed by atoms with van der Waals surface area (Å²) in [7, 11) is 0. The van der Waals surface area contributed by atoms with Gasteiger partial charge in [-0.3, -0.25) is 4.98 Å². The second-order valence-electron chi connectivity index (χ2n) is 3.13. The van der Waals surface area contributed by atoms with Crippen molar-refractivity contribution in [2.24, 2.45) is 0 Å². The lowest BCUT2D eigenvalue weighted by molar-refractivity contribution is -0.0477. The molecule has 2 N–H and O–H groups in total. The van der Waals surface area contributed by atoms with Crippen molar-refractivity contribution in [2.45, 2.75) is 12.5 Å². The highest BCUT2D eigenvalue weighted by molar-refractivity contribution is 5.09. The molecule has 6 heteroatoms. The van der Waals surface area contributed by atoms with Crippen molar-refractivity contribution >= 4 is 0 Å². The molecule has 0 saturated heterocycles. The number of nitrogens with one attached hydrogen (secondary N) is 1. The number of aliphatic hydroxyl groups excluding tert-OH is 1. The van der Waals surface area contributed by atoms with Gasteiger partial charge in [-0.05, 0) is 11.6 Å². The first-order valence-electron chi connectivity index (χ1n) is 4.32. The second-order valence-corrected chi connectivity index (χ2v) is 3.13. The van der Waals surface area contributed by atoms with E-state index in [9.17, 15) is 13.2 Å². The third-order valence-corrected chi connectivity index (χ3v) is 1.71. The Morgan fingerprint density at radius 2 is 2.13 bits per heavy atom. The van der Waals surface area contributed by atoms with Gasteiger partial charge in [0.2, 0.25) is 0 Å². The third kappa shape index (κ3) is 4.26. The first-order valence-corrected chi connectivity index (χ1v) is 4.32. The van der Waals surface area contributed by atoms with E-state index in [1.165, 1.54) is 12.3 Å². The summed E-state index contributed by atoms with van der Waals surface area (Å²) in [6.45, 7) is -1.78. The molecular weight excluding hydrogens is 209 g/mol. The van der Waals surface area contributed by atoms with Crippen molar-refractivity contribution in [3.05, 3.63) is 29.8 Å². The quantitative estimate of drug-likeness (QED) is 0.776. The van der Waals surface area contributed by atoms with Gasteiger partial charge in [-0.1, -0.05) is 0 Å². The number of pyridine rings is 1. The van der Waals surface area contributed by atoms with Gasteiger partial charge < -0.3 is 10.4 Å². The monoisotopic (exact) mass is 220 g/mol. The zero-order valence-electron chi connectivity index (χ0n) is 7.88. The van der Waals surface area contributed by atoms with Crippen LogP contribution in [0.25, 0.3) is 0 Å². The molecule has 0 radical (unpaired) electrons. The summed E-state index contributed by atoms with van der Waals surface area (Å²) in [6, 6.07) is 1.21. The zero-order chi connectivity index (χ0) is 11.3. The van der Waals surface area contributed by atoms with E-state index in [-0.39, 0.29) is 6.54 Å². The second kappa shape index (κ2) is 5.09. The maximum absolute atomic E-state index is 12.6. The molecule has 15 heavy (non-hydrogen) atoms. The minimum absolute atomic E-state index is 0.0837. The largest absolute Gasteiger partial charge is 0.390 e. The van der Waals surface area contributed by atoms with E-state index < -0.39 is 24.9 Å². The molecule has 0 bridgehead atoms. The minimum Gasteiger partial charge on any atom is -0.390 e. The Hall–Kier alpha value is -1.14. The normalized spacial score (nSPS) is 11.7. The van der Waals surface area contributed by atoms with E-state index in [0.717, 1.165) is 6.20 Å². The first kappa shape index (κ1) is 11.9. The molecule has 0 spiro atoms. The van der Waals surface area contributed by atoms with E-state index in [2.05, 4.69) is 10.3 Å². The number of halogens is 3. The molecule has 1 aromatic rings. The van der Waals surface area contributed by atoms with Crippen molar-refractivity contribution in [3.8, 4) is 0 Å². The topological polar surface area (TPSA) is 45.1 Å². The lowest BCUT2D eigenvalue weighted by atomic mass is 10.2. The molecule has 0 unspecified atom stereocenters. The van der Waals surface area contributed by atoms with E-state index >= 15 is 0 Å². The van der Waals surface area contributed by atoms with Gasteiger partial charge in [0.15, 0.2) is 0 Å². The standard InChI is InChI=1S/C9H11F3N2O/c10-8-1-7(2-13-4-8)3-14-5-9(11,12)6-15/h1-2,4,14-15H,3,5-6H2. The molecule has 0 atom stereocenters. The summed E-state index contributed by atoms with van der Waals surface area (Å²) in [5.74, 6) is -3.66. The SMILES string of the molecule is OCC(F)(F)CNCc1cncc(F)c1. The van der Waals surface area contributed by atoms with Gasteiger partial charge in [0.25, 0.3) is 5.92 Å². The fourth-order valence-corrected chi connectivity index (χ4v) is 0.998. The number of hydrogen-bond acceptors (Lipinski definition) is 3. The number of alkyl halides is 2. The average molecular weight is 220 g/mol. The highest BCUT2D eigenvalue weighted by Gasteiger charge is 2.26. The maximum Gasteiger partial charge on any atom is 0.282 e. The van der Waals surface area contributed by atoms with Crippen LogP contribution in [-0.2, 0) is 6.54 Å². The fourth-order valence-electron chi connectivity index (χ4n) is 0.998. The van der Waals surface area contributed by atoms with Crippen LogP contribution in [0, 0.1) is 5.82 Å². The van der Waals surface area contributed by atoms with E-state index in [4.69, 9.17) is 5.11 Å². The first-order chi connectivity index (χ1) is 7.03. The van der Waals surface area contributed by atoms with Gasteiger partial charge in [-0.25, -0.2) is 13.2 Å². The maximum atomic E-state index is 12.6. The van der Waals surface area contributed by atoms with Crippen LogP contribution in [-0.4, -0.2) is 29.2 Å². The number of aromatic nitrogens is 1. The Kier molecular flexibility index (Phi) is 4.05. The van der Waals surface area contributed by atoms with Crippen LogP contribution in [0.3, 0.4) is 0 Å². The van der Waals surface area contributed by atoms with Crippen molar-refractivity contribution < 1.29 is 18.3 Å². The summed E-state index contributed by atoms with van der Waals surface area (Å²) in [5.41, 5.74) is 0.476. The molecule has 0 amide bonds. The Balaban J connectivity index is 2.38. The molecule has 0 aliphatic carbocycles. The van der Waals surface area contributed by atoms with Gasteiger partial charge in [0, 0.05) is 12.7 Å². The number of rotatable bonds is 5. The van der Waals surface area contributed by atoms with Crippen LogP contribution < -0.4 is 5.32 Å². The Labute approximate surface area is 85.0 Å². The van der Waals surface area contributed by atoms with Crippen LogP contribution >= 0.6 is 0 Å². The van der Waals surface area contributed by atoms with Gasteiger partial charge >= 0.3 is 0 Å². The van der Waals surface area contributed by atoms with Crippen LogP contribution in [0.15, 0.2) is 18.5 Å². The lowest BCUT2D eigenvalue weighted by Crippen LogP contribution is -2.35. The summed E-state index contributed by atoms with van der Waals surface area (Å²) >= 11 is 0. The fraction of sp³-hybridized carbons (Fsp3) is 0.444. The Morgan fingerprint density at radius 3 is 2.73 bits per heavy atom. The third-order valence-electron chi connectivity index (χ3n) is 1.71. The molecule has 0 aliphatic rings. The molecular formula is C9H11F3N2O. The highest BCUT2D eigenvalue weighted by atomic mass is 19.3. The van der Waals surface area contributed by atoms with Gasteiger partial charge in [-0.15, -0.1) is 0 Å². The van der Waals surface area contributed by atoms with Crippen LogP contribution in [0.4, 0.5) is 13.2 Å². The Bertz CT molecular complexity index is 320. The van der Waals surface area contributed by atoms with Gasteiger partial charge in [-0.2, -0.15) is 0 Å². The molecule has 0 aliphatic heterocycles. The van der Waals surface area contributed by atoms with Gasteiger partial charge in [0.05, 0.1) is 12.7 Å². The van der Waals surface area contributed by atoms with Crippen LogP contribution in [0.2, 0.25) is 0 Å². The van der Waals surface area contributed by atoms with E-state index in [1.54, 1.807) is 0 Å². The summed E-state index contributed by atoms with van der Waals surface area (Å²) in [4.78, 5) is 3.57. The predicted molar refractivity (Wildman–Crippen MR) is 47.9 cm³/mol. The van der Waals surface area contributed by atoms with Crippen molar-refractivity contribution in [1.82, 2.24) is 10.3 Å². The number of hydrogen-bond donors (Lipinski definition) is 2. The Morgan fingerprint density at radius 1 is 1.40 bits per heavy atom. The summed E-state index contributed by atoms with van der Waals surface area (Å²) in [6.07, 6.45) is 2.42. The molecule has 0 saturated carbocycles. The average Bonchev–Trinajstić information content (AvgIpc) is 2.18. The van der Waals surface area contributed by atoms with Crippen LogP contribution in [0.1, 0.15) is 5.56 Å². The molecule has 84 valence electrons. The number of nitrogens with zero attached hydrogens (tertiary/aromatic N) is 1. The smallest absolute Gasteiger partial charge is 0.282 e. The molecule has 1 rings (SSSR count). The number of aliphatic hydroxyl groups is 1. The zero-order valence-corrected chi connectivity index (χ0v) is 7.88. The van der Waals surface area contributed by atoms with E-state index in [1.807, 2.05) is 0 Å². The van der Waals surface area contributed by atoms with E-state index in [0.29, 0.717) is 5.56 Å². The van der Waals surface area contributed by atoms with Crippen LogP contribution in [0.5, 0.6) is 0 Å². The van der Waals surface area contributed by atoms with Gasteiger partial charge in [0.1, 0.15) is 12.4 Å². The van der Waals surface area contributed by atoms with Crippen molar-refractivity contribution in [1.29, 1.82) is 0 Å². The molecule has 0 aromatic carbocycles. The molecule has 0 fully saturated rings. The molecule has 3 nitrogen and oxygen atoms in total. The lowest BCUT2D eigenvalue weighted by Gasteiger charge is -2.13. The van der Waals surface area contributed by atoms with Crippen molar-refractivity contribution in [2.75, 3.05) is 13.2 Å². The minimum atomic E-state index is -3.15. The summed E-state index contributed by atoms with van der Waals surface area (Å²) in [5, 5.41) is 10.7. The van der Waals surface area contributed by atoms with Crippen molar-refractivity contribution in [3.63, 3.8) is 0 Å². The molecule has 1 heterocycles. The molecule has 1 aromatic heterocycles. The summed E-state index contributed by atoms with van der Waals surface area (Å²) < 4.78 is 37.7. The predicted octanol–water partition coefficient (Wildman–Crippen LogP) is 0.938. The highest BCUT2D eigenvalue weighted by Crippen LogP contribution is 2.10.